The van der Waals surface area contributed by atoms with Crippen molar-refractivity contribution in [3.63, 3.8) is 0 Å². The first kappa shape index (κ1) is 16.8. The normalized spacial score (nSPS) is 10.8. The summed E-state index contributed by atoms with van der Waals surface area (Å²) in [4.78, 5) is 33.0. The van der Waals surface area contributed by atoms with Crippen molar-refractivity contribution in [3.05, 3.63) is 54.2 Å². The summed E-state index contributed by atoms with van der Waals surface area (Å²) in [6, 6.07) is 9.88. The highest BCUT2D eigenvalue weighted by molar-refractivity contribution is 6.34. The number of amides is 2. The molecule has 25 heavy (non-hydrogen) atoms. The van der Waals surface area contributed by atoms with Gasteiger partial charge < -0.3 is 19.8 Å². The van der Waals surface area contributed by atoms with Crippen LogP contribution in [-0.2, 0) is 29.6 Å². The molecule has 0 radical (unpaired) electrons. The third kappa shape index (κ3) is 4.06. The number of imidazole rings is 1. The largest absolute Gasteiger partial charge is 0.357 e. The average Bonchev–Trinajstić information content (AvgIpc) is 3.19. The zero-order chi connectivity index (χ0) is 17.8. The average molecular weight is 339 g/mol. The van der Waals surface area contributed by atoms with E-state index in [0.717, 1.165) is 22.3 Å². The van der Waals surface area contributed by atoms with Crippen LogP contribution in [-0.4, -0.2) is 44.8 Å². The lowest BCUT2D eigenvalue weighted by atomic mass is 10.2. The summed E-state index contributed by atoms with van der Waals surface area (Å²) in [5.74, 6) is -1.16. The number of hydrogen-bond donors (Lipinski definition) is 2. The number of rotatable bonds is 5. The number of para-hydroxylation sites is 1. The molecule has 0 aliphatic carbocycles. The smallest absolute Gasteiger partial charge is 0.311 e. The number of aryl methyl sites for hydroxylation is 1. The highest BCUT2D eigenvalue weighted by atomic mass is 16.2. The fourth-order valence-electron chi connectivity index (χ4n) is 2.70. The van der Waals surface area contributed by atoms with E-state index in [1.54, 1.807) is 13.4 Å². The van der Waals surface area contributed by atoms with Gasteiger partial charge in [-0.25, -0.2) is 4.98 Å². The minimum absolute atomic E-state index is 0.348. The Hall–Kier alpha value is -3.09. The maximum atomic E-state index is 12.2. The quantitative estimate of drug-likeness (QED) is 0.686. The minimum Gasteiger partial charge on any atom is -0.357 e. The fraction of sp³-hybridized carbons (Fsp3) is 0.278. The number of fused-ring (bicyclic) bond motifs is 1. The van der Waals surface area contributed by atoms with Gasteiger partial charge in [-0.2, -0.15) is 0 Å². The Kier molecular flexibility index (Phi) is 4.83. The molecule has 7 nitrogen and oxygen atoms in total. The molecular weight excluding hydrogens is 318 g/mol. The second kappa shape index (κ2) is 7.21. The standard InChI is InChI=1S/C18H21N5O2/c1-22-10-14(20-12-22)7-8-19-17(24)18(25)23(2)11-15-9-13-5-3-4-6-16(13)21-15/h3-6,9-10,12,21H,7-8,11H2,1-2H3,(H,19,24). The van der Waals surface area contributed by atoms with Crippen molar-refractivity contribution in [1.82, 2.24) is 24.8 Å². The molecule has 0 bridgehead atoms. The maximum Gasteiger partial charge on any atom is 0.311 e. The van der Waals surface area contributed by atoms with Gasteiger partial charge in [-0.05, 0) is 17.5 Å². The van der Waals surface area contributed by atoms with Crippen LogP contribution in [0.4, 0.5) is 0 Å². The molecule has 0 unspecified atom stereocenters. The molecule has 2 heterocycles. The first-order chi connectivity index (χ1) is 12.0. The van der Waals surface area contributed by atoms with E-state index in [9.17, 15) is 9.59 Å². The number of likely N-dealkylation sites (N-methyl/N-ethyl adjacent to an activating group) is 1. The Balaban J connectivity index is 1.51. The zero-order valence-electron chi connectivity index (χ0n) is 14.3. The monoisotopic (exact) mass is 339 g/mol. The van der Waals surface area contributed by atoms with Crippen LogP contribution in [0.1, 0.15) is 11.4 Å². The summed E-state index contributed by atoms with van der Waals surface area (Å²) < 4.78 is 1.84. The van der Waals surface area contributed by atoms with Crippen molar-refractivity contribution >= 4 is 22.7 Å². The number of hydrogen-bond acceptors (Lipinski definition) is 3. The molecule has 130 valence electrons. The Morgan fingerprint density at radius 1 is 1.32 bits per heavy atom. The molecular formula is C18H21N5O2. The molecule has 1 aromatic carbocycles. The number of aromatic amines is 1. The van der Waals surface area contributed by atoms with E-state index in [0.29, 0.717) is 19.5 Å². The van der Waals surface area contributed by atoms with Crippen molar-refractivity contribution in [2.75, 3.05) is 13.6 Å². The van der Waals surface area contributed by atoms with E-state index in [1.165, 1.54) is 4.90 Å². The van der Waals surface area contributed by atoms with Crippen LogP contribution in [0.2, 0.25) is 0 Å². The van der Waals surface area contributed by atoms with Gasteiger partial charge in [-0.3, -0.25) is 9.59 Å². The summed E-state index contributed by atoms with van der Waals surface area (Å²) >= 11 is 0. The summed E-state index contributed by atoms with van der Waals surface area (Å²) in [5.41, 5.74) is 2.78. The Labute approximate surface area is 145 Å². The first-order valence-electron chi connectivity index (χ1n) is 8.09. The summed E-state index contributed by atoms with van der Waals surface area (Å²) in [6.45, 7) is 0.725. The van der Waals surface area contributed by atoms with Crippen molar-refractivity contribution < 1.29 is 9.59 Å². The van der Waals surface area contributed by atoms with Crippen LogP contribution in [0.15, 0.2) is 42.9 Å². The van der Waals surface area contributed by atoms with Crippen LogP contribution in [0, 0.1) is 0 Å². The molecule has 0 spiro atoms. The fourth-order valence-corrected chi connectivity index (χ4v) is 2.70. The van der Waals surface area contributed by atoms with Crippen LogP contribution >= 0.6 is 0 Å². The van der Waals surface area contributed by atoms with Crippen molar-refractivity contribution in [1.29, 1.82) is 0 Å². The molecule has 0 atom stereocenters. The van der Waals surface area contributed by atoms with Gasteiger partial charge in [-0.1, -0.05) is 18.2 Å². The predicted molar refractivity (Wildman–Crippen MR) is 94.7 cm³/mol. The second-order valence-corrected chi connectivity index (χ2v) is 6.08. The summed E-state index contributed by atoms with van der Waals surface area (Å²) in [6.07, 6.45) is 4.18. The SMILES string of the molecule is CN(Cc1cc2ccccc2[nH]1)C(=O)C(=O)NCCc1cn(C)cn1. The molecule has 2 amide bonds. The van der Waals surface area contributed by atoms with E-state index >= 15 is 0 Å². The molecule has 0 saturated carbocycles. The number of benzene rings is 1. The highest BCUT2D eigenvalue weighted by Gasteiger charge is 2.19. The first-order valence-corrected chi connectivity index (χ1v) is 8.09. The highest BCUT2D eigenvalue weighted by Crippen LogP contribution is 2.15. The number of carbonyl (C=O) groups excluding carboxylic acids is 2. The Bertz CT molecular complexity index is 863. The molecule has 0 aliphatic heterocycles. The van der Waals surface area contributed by atoms with Gasteiger partial charge >= 0.3 is 11.8 Å². The number of nitrogens with zero attached hydrogens (tertiary/aromatic N) is 3. The zero-order valence-corrected chi connectivity index (χ0v) is 14.3. The van der Waals surface area contributed by atoms with Gasteiger partial charge in [0.25, 0.3) is 0 Å². The third-order valence-corrected chi connectivity index (χ3v) is 3.96. The maximum absolute atomic E-state index is 12.2. The second-order valence-electron chi connectivity index (χ2n) is 6.08. The number of nitrogens with one attached hydrogen (secondary N) is 2. The molecule has 0 aliphatic rings. The molecule has 2 N–H and O–H groups in total. The van der Waals surface area contributed by atoms with Crippen molar-refractivity contribution in [2.24, 2.45) is 7.05 Å². The minimum atomic E-state index is -0.602. The van der Waals surface area contributed by atoms with E-state index in [2.05, 4.69) is 15.3 Å². The lowest BCUT2D eigenvalue weighted by Crippen LogP contribution is -2.41. The Morgan fingerprint density at radius 2 is 2.12 bits per heavy atom. The van der Waals surface area contributed by atoms with E-state index in [1.807, 2.05) is 48.1 Å². The lowest BCUT2D eigenvalue weighted by Gasteiger charge is -2.15. The van der Waals surface area contributed by atoms with Crippen LogP contribution in [0.5, 0.6) is 0 Å². The van der Waals surface area contributed by atoms with Gasteiger partial charge in [-0.15, -0.1) is 0 Å². The van der Waals surface area contributed by atoms with Crippen molar-refractivity contribution in [2.45, 2.75) is 13.0 Å². The van der Waals surface area contributed by atoms with Crippen LogP contribution in [0.25, 0.3) is 10.9 Å². The predicted octanol–water partition coefficient (Wildman–Crippen LogP) is 1.22. The lowest BCUT2D eigenvalue weighted by molar-refractivity contribution is -0.145. The summed E-state index contributed by atoms with van der Waals surface area (Å²) in [7, 11) is 3.50. The summed E-state index contributed by atoms with van der Waals surface area (Å²) in [5, 5.41) is 3.73. The Morgan fingerprint density at radius 3 is 2.84 bits per heavy atom. The molecule has 0 fully saturated rings. The van der Waals surface area contributed by atoms with Gasteiger partial charge in [0.15, 0.2) is 0 Å². The van der Waals surface area contributed by atoms with Crippen LogP contribution < -0.4 is 5.32 Å². The molecule has 3 aromatic rings. The molecule has 3 rings (SSSR count). The van der Waals surface area contributed by atoms with Gasteiger partial charge in [0.2, 0.25) is 0 Å². The van der Waals surface area contributed by atoms with E-state index < -0.39 is 11.8 Å². The van der Waals surface area contributed by atoms with E-state index in [-0.39, 0.29) is 0 Å². The van der Waals surface area contributed by atoms with E-state index in [4.69, 9.17) is 0 Å². The molecule has 0 saturated heterocycles. The molecule has 7 heteroatoms. The van der Waals surface area contributed by atoms with Crippen molar-refractivity contribution in [3.8, 4) is 0 Å². The topological polar surface area (TPSA) is 83.0 Å². The van der Waals surface area contributed by atoms with Gasteiger partial charge in [0.05, 0.1) is 18.6 Å². The number of H-pyrrole nitrogens is 1. The van der Waals surface area contributed by atoms with Crippen LogP contribution in [0.3, 0.4) is 0 Å². The third-order valence-electron chi connectivity index (χ3n) is 3.96. The van der Waals surface area contributed by atoms with Gasteiger partial charge in [0, 0.05) is 44.5 Å². The van der Waals surface area contributed by atoms with Gasteiger partial charge in [0.1, 0.15) is 0 Å². The number of aromatic nitrogens is 3. The molecule has 2 aromatic heterocycles. The number of carbonyl (C=O) groups is 2.